The van der Waals surface area contributed by atoms with Gasteiger partial charge in [-0.2, -0.15) is 0 Å². The Bertz CT molecular complexity index is 908. The molecular formula is C19H25N3O5S. The fraction of sp³-hybridized carbons (Fsp3) is 0.526. The van der Waals surface area contributed by atoms with Gasteiger partial charge in [-0.05, 0) is 43.9 Å². The van der Waals surface area contributed by atoms with Crippen LogP contribution in [0.4, 0.5) is 10.5 Å². The summed E-state index contributed by atoms with van der Waals surface area (Å²) in [6.07, 6.45) is 6.02. The molecule has 1 aliphatic carbocycles. The summed E-state index contributed by atoms with van der Waals surface area (Å²) < 4.78 is 23.3. The third-order valence-corrected chi connectivity index (χ3v) is 6.68. The molecule has 8 nitrogen and oxygen atoms in total. The van der Waals surface area contributed by atoms with Gasteiger partial charge in [0.25, 0.3) is 5.91 Å². The van der Waals surface area contributed by atoms with Crippen LogP contribution in [-0.2, 0) is 19.4 Å². The van der Waals surface area contributed by atoms with E-state index in [2.05, 4.69) is 10.6 Å². The number of carbonyl (C=O) groups is 3. The smallest absolute Gasteiger partial charge is 0.324 e. The standard InChI is InChI=1S/C19H25N3O5S/c1-19(13-7-4-3-5-8-13)17(24)22(18(25)21-19)12-16(23)20-14-9-6-10-15(11-14)28(2,26)27/h6,9-11,13H,3-5,7-8,12H2,1-2H3,(H,20,23)(H,21,25)/t19-/m0/s1. The Kier molecular flexibility index (Phi) is 5.47. The predicted octanol–water partition coefficient (Wildman–Crippen LogP) is 1.92. The van der Waals surface area contributed by atoms with E-state index in [-0.39, 0.29) is 22.4 Å². The molecule has 0 bridgehead atoms. The lowest BCUT2D eigenvalue weighted by molar-refractivity contribution is -0.135. The van der Waals surface area contributed by atoms with Gasteiger partial charge in [-0.1, -0.05) is 25.3 Å². The second-order valence-corrected chi connectivity index (χ2v) is 9.72. The van der Waals surface area contributed by atoms with Crippen molar-refractivity contribution in [2.75, 3.05) is 18.1 Å². The van der Waals surface area contributed by atoms with Gasteiger partial charge in [-0.15, -0.1) is 0 Å². The highest BCUT2D eigenvalue weighted by molar-refractivity contribution is 7.90. The highest BCUT2D eigenvalue weighted by Crippen LogP contribution is 2.36. The van der Waals surface area contributed by atoms with Gasteiger partial charge in [-0.25, -0.2) is 13.2 Å². The SMILES string of the molecule is C[C@@]1(C2CCCCC2)NC(=O)N(CC(=O)Nc2cccc(S(C)(=O)=O)c2)C1=O. The average Bonchev–Trinajstić information content (AvgIpc) is 2.86. The van der Waals surface area contributed by atoms with Gasteiger partial charge < -0.3 is 10.6 Å². The number of anilines is 1. The second-order valence-electron chi connectivity index (χ2n) is 7.71. The molecule has 2 aliphatic rings. The first-order chi connectivity index (χ1) is 13.1. The predicted molar refractivity (Wildman–Crippen MR) is 103 cm³/mol. The lowest BCUT2D eigenvalue weighted by Crippen LogP contribution is -2.51. The van der Waals surface area contributed by atoms with Crippen molar-refractivity contribution in [2.45, 2.75) is 49.5 Å². The Morgan fingerprint density at radius 1 is 1.25 bits per heavy atom. The van der Waals surface area contributed by atoms with E-state index in [1.807, 2.05) is 0 Å². The van der Waals surface area contributed by atoms with Crippen molar-refractivity contribution in [1.29, 1.82) is 0 Å². The minimum Gasteiger partial charge on any atom is -0.324 e. The molecule has 3 rings (SSSR count). The summed E-state index contributed by atoms with van der Waals surface area (Å²) in [4.78, 5) is 38.6. The van der Waals surface area contributed by atoms with Gasteiger partial charge in [0.1, 0.15) is 12.1 Å². The van der Waals surface area contributed by atoms with Gasteiger partial charge in [0.05, 0.1) is 4.90 Å². The number of amides is 4. The molecule has 2 fully saturated rings. The summed E-state index contributed by atoms with van der Waals surface area (Å²) in [5.41, 5.74) is -0.691. The molecule has 1 aromatic rings. The van der Waals surface area contributed by atoms with E-state index in [9.17, 15) is 22.8 Å². The Morgan fingerprint density at radius 3 is 2.57 bits per heavy atom. The first-order valence-corrected chi connectivity index (χ1v) is 11.2. The molecule has 1 saturated carbocycles. The van der Waals surface area contributed by atoms with E-state index >= 15 is 0 Å². The third-order valence-electron chi connectivity index (χ3n) is 5.57. The summed E-state index contributed by atoms with van der Waals surface area (Å²) in [7, 11) is -3.41. The van der Waals surface area contributed by atoms with Crippen molar-refractivity contribution in [3.8, 4) is 0 Å². The highest BCUT2D eigenvalue weighted by atomic mass is 32.2. The zero-order valence-electron chi connectivity index (χ0n) is 16.0. The van der Waals surface area contributed by atoms with Gasteiger partial charge >= 0.3 is 6.03 Å². The molecule has 0 radical (unpaired) electrons. The van der Waals surface area contributed by atoms with Crippen molar-refractivity contribution in [1.82, 2.24) is 10.2 Å². The van der Waals surface area contributed by atoms with Gasteiger partial charge in [-0.3, -0.25) is 14.5 Å². The average molecular weight is 407 g/mol. The summed E-state index contributed by atoms with van der Waals surface area (Å²) >= 11 is 0. The van der Waals surface area contributed by atoms with E-state index in [4.69, 9.17) is 0 Å². The van der Waals surface area contributed by atoms with Crippen LogP contribution in [0.3, 0.4) is 0 Å². The Hall–Kier alpha value is -2.42. The molecule has 1 aliphatic heterocycles. The fourth-order valence-corrected chi connectivity index (χ4v) is 4.63. The van der Waals surface area contributed by atoms with E-state index in [0.717, 1.165) is 43.3 Å². The number of sulfone groups is 1. The number of urea groups is 1. The lowest BCUT2D eigenvalue weighted by atomic mass is 9.75. The molecule has 2 N–H and O–H groups in total. The fourth-order valence-electron chi connectivity index (χ4n) is 3.96. The number of benzene rings is 1. The quantitative estimate of drug-likeness (QED) is 0.724. The normalized spacial score (nSPS) is 23.6. The minimum absolute atomic E-state index is 0.0669. The molecule has 1 atom stereocenters. The zero-order chi connectivity index (χ0) is 20.5. The van der Waals surface area contributed by atoms with E-state index in [0.29, 0.717) is 0 Å². The summed E-state index contributed by atoms with van der Waals surface area (Å²) in [6, 6.07) is 5.26. The van der Waals surface area contributed by atoms with Gasteiger partial charge in [0, 0.05) is 11.9 Å². The first-order valence-electron chi connectivity index (χ1n) is 9.35. The molecular weight excluding hydrogens is 382 g/mol. The van der Waals surface area contributed by atoms with Crippen molar-refractivity contribution >= 4 is 33.4 Å². The van der Waals surface area contributed by atoms with Crippen LogP contribution in [0.5, 0.6) is 0 Å². The summed E-state index contributed by atoms with van der Waals surface area (Å²) in [5.74, 6) is -0.885. The van der Waals surface area contributed by atoms with Gasteiger partial charge in [0.2, 0.25) is 5.91 Å². The van der Waals surface area contributed by atoms with Crippen LogP contribution < -0.4 is 10.6 Å². The Balaban J connectivity index is 1.69. The number of hydrogen-bond donors (Lipinski definition) is 2. The number of nitrogens with one attached hydrogen (secondary N) is 2. The highest BCUT2D eigenvalue weighted by Gasteiger charge is 2.52. The third kappa shape index (κ3) is 4.04. The number of hydrogen-bond acceptors (Lipinski definition) is 5. The van der Waals surface area contributed by atoms with E-state index in [1.165, 1.54) is 18.2 Å². The number of imide groups is 1. The van der Waals surface area contributed by atoms with Crippen molar-refractivity contribution in [3.05, 3.63) is 24.3 Å². The monoisotopic (exact) mass is 407 g/mol. The molecule has 1 heterocycles. The molecule has 28 heavy (non-hydrogen) atoms. The van der Waals surface area contributed by atoms with Crippen LogP contribution in [0.1, 0.15) is 39.0 Å². The van der Waals surface area contributed by atoms with E-state index < -0.39 is 33.9 Å². The maximum atomic E-state index is 12.9. The number of carbonyl (C=O) groups excluding carboxylic acids is 3. The van der Waals surface area contributed by atoms with Crippen molar-refractivity contribution < 1.29 is 22.8 Å². The van der Waals surface area contributed by atoms with Gasteiger partial charge in [0.15, 0.2) is 9.84 Å². The minimum atomic E-state index is -3.41. The Morgan fingerprint density at radius 2 is 1.93 bits per heavy atom. The number of rotatable bonds is 5. The molecule has 1 saturated heterocycles. The van der Waals surface area contributed by atoms with Crippen LogP contribution in [0.15, 0.2) is 29.2 Å². The maximum absolute atomic E-state index is 12.9. The van der Waals surface area contributed by atoms with Crippen LogP contribution in [0.25, 0.3) is 0 Å². The van der Waals surface area contributed by atoms with Crippen LogP contribution in [0.2, 0.25) is 0 Å². The molecule has 0 aromatic heterocycles. The van der Waals surface area contributed by atoms with E-state index in [1.54, 1.807) is 13.0 Å². The summed E-state index contributed by atoms with van der Waals surface area (Å²) in [5, 5.41) is 5.33. The van der Waals surface area contributed by atoms with Crippen LogP contribution >= 0.6 is 0 Å². The van der Waals surface area contributed by atoms with Crippen molar-refractivity contribution in [2.24, 2.45) is 5.92 Å². The van der Waals surface area contributed by atoms with Crippen LogP contribution in [-0.4, -0.2) is 49.5 Å². The second kappa shape index (κ2) is 7.54. The molecule has 0 spiro atoms. The lowest BCUT2D eigenvalue weighted by Gasteiger charge is -2.34. The molecule has 9 heteroatoms. The topological polar surface area (TPSA) is 113 Å². The molecule has 0 unspecified atom stereocenters. The first kappa shape index (κ1) is 20.3. The molecule has 1 aromatic carbocycles. The maximum Gasteiger partial charge on any atom is 0.325 e. The largest absolute Gasteiger partial charge is 0.325 e. The van der Waals surface area contributed by atoms with Crippen molar-refractivity contribution in [3.63, 3.8) is 0 Å². The number of nitrogens with zero attached hydrogens (tertiary/aromatic N) is 1. The summed E-state index contributed by atoms with van der Waals surface area (Å²) in [6.45, 7) is 1.31. The zero-order valence-corrected chi connectivity index (χ0v) is 16.8. The molecule has 152 valence electrons. The molecule has 4 amide bonds. The Labute approximate surface area is 164 Å². The van der Waals surface area contributed by atoms with Crippen LogP contribution in [0, 0.1) is 5.92 Å².